The van der Waals surface area contributed by atoms with Gasteiger partial charge in [-0.05, 0) is 5.56 Å². The molecular formula is C23H35N6O+3. The lowest BCUT2D eigenvalue weighted by Crippen LogP contribution is -3.10. The van der Waals surface area contributed by atoms with Crippen LogP contribution in [0.2, 0.25) is 0 Å². The van der Waals surface area contributed by atoms with E-state index in [9.17, 15) is 5.26 Å². The molecule has 0 radical (unpaired) electrons. The van der Waals surface area contributed by atoms with E-state index in [1.54, 1.807) is 7.11 Å². The highest BCUT2D eigenvalue weighted by Crippen LogP contribution is 2.25. The molecule has 0 aliphatic carbocycles. The van der Waals surface area contributed by atoms with E-state index in [0.717, 1.165) is 62.9 Å². The second-order valence-corrected chi connectivity index (χ2v) is 8.21. The first kappa shape index (κ1) is 22.0. The van der Waals surface area contributed by atoms with Gasteiger partial charge in [-0.2, -0.15) is 5.26 Å². The van der Waals surface area contributed by atoms with Crippen LogP contribution in [0.25, 0.3) is 0 Å². The van der Waals surface area contributed by atoms with Crippen molar-refractivity contribution in [2.45, 2.75) is 19.5 Å². The van der Waals surface area contributed by atoms with Crippen LogP contribution in [0.15, 0.2) is 30.3 Å². The third-order valence-corrected chi connectivity index (χ3v) is 5.57. The number of nitriles is 1. The topological polar surface area (TPSA) is 80.1 Å². The number of nitrogens with zero attached hydrogens (tertiary/aromatic N) is 1. The standard InChI is InChI=1S/C23H32N6O/c1-28(2)13-10-25-22-20(15-24)19-9-12-29(16-18-7-5-4-6-8-18)17-21(19)23(27-22)26-11-14-30-3/h4-8H,9-14,16-17H2,1-3H3,(H2,25,26,27)/p+3. The van der Waals surface area contributed by atoms with Crippen molar-refractivity contribution in [1.82, 2.24) is 0 Å². The predicted molar refractivity (Wildman–Crippen MR) is 118 cm³/mol. The molecule has 30 heavy (non-hydrogen) atoms. The minimum atomic E-state index is 0.635. The van der Waals surface area contributed by atoms with E-state index >= 15 is 0 Å². The van der Waals surface area contributed by atoms with Crippen molar-refractivity contribution in [2.75, 3.05) is 64.6 Å². The molecule has 0 bridgehead atoms. The molecule has 2 heterocycles. The fraction of sp³-hybridized carbons (Fsp3) is 0.478. The molecule has 1 atom stereocenters. The number of likely N-dealkylation sites (N-methyl/N-ethyl adjacent to an activating group) is 1. The molecule has 0 saturated heterocycles. The summed E-state index contributed by atoms with van der Waals surface area (Å²) in [4.78, 5) is 6.37. The number of methoxy groups -OCH3 is 1. The summed E-state index contributed by atoms with van der Waals surface area (Å²) in [6.07, 6.45) is 0.904. The van der Waals surface area contributed by atoms with Gasteiger partial charge in [0.05, 0.1) is 39.4 Å². The molecule has 1 aliphatic rings. The van der Waals surface area contributed by atoms with Gasteiger partial charge >= 0.3 is 0 Å². The summed E-state index contributed by atoms with van der Waals surface area (Å²) < 4.78 is 5.22. The number of aromatic nitrogens is 1. The van der Waals surface area contributed by atoms with Crippen LogP contribution < -0.4 is 25.4 Å². The first-order chi connectivity index (χ1) is 14.6. The number of H-pyrrole nitrogens is 1. The number of hydrogen-bond donors (Lipinski definition) is 4. The molecule has 0 fully saturated rings. The number of pyridine rings is 1. The molecule has 7 nitrogen and oxygen atoms in total. The maximum absolute atomic E-state index is 9.93. The van der Waals surface area contributed by atoms with E-state index in [1.165, 1.54) is 26.5 Å². The molecule has 160 valence electrons. The van der Waals surface area contributed by atoms with Crippen LogP contribution in [0, 0.1) is 11.3 Å². The fourth-order valence-corrected chi connectivity index (χ4v) is 3.98. The van der Waals surface area contributed by atoms with Crippen LogP contribution in [-0.2, 0) is 24.2 Å². The normalized spacial score (nSPS) is 15.5. The quantitative estimate of drug-likeness (QED) is 0.383. The van der Waals surface area contributed by atoms with Gasteiger partial charge in [-0.1, -0.05) is 30.3 Å². The summed E-state index contributed by atoms with van der Waals surface area (Å²) >= 11 is 0. The Morgan fingerprint density at radius 2 is 1.90 bits per heavy atom. The highest BCUT2D eigenvalue weighted by atomic mass is 16.5. The Labute approximate surface area is 179 Å². The lowest BCUT2D eigenvalue weighted by molar-refractivity contribution is -0.929. The molecule has 1 aromatic heterocycles. The second kappa shape index (κ2) is 10.9. The van der Waals surface area contributed by atoms with Crippen molar-refractivity contribution in [2.24, 2.45) is 0 Å². The third kappa shape index (κ3) is 5.70. The van der Waals surface area contributed by atoms with Crippen LogP contribution in [-0.4, -0.2) is 54.0 Å². The Hall–Kier alpha value is -2.66. The summed E-state index contributed by atoms with van der Waals surface area (Å²) in [6.45, 7) is 6.07. The van der Waals surface area contributed by atoms with Crippen molar-refractivity contribution in [3.05, 3.63) is 52.6 Å². The average molecular weight is 412 g/mol. The third-order valence-electron chi connectivity index (χ3n) is 5.57. The van der Waals surface area contributed by atoms with Gasteiger partial charge in [-0.25, -0.2) is 4.98 Å². The van der Waals surface area contributed by atoms with E-state index in [0.29, 0.717) is 6.61 Å². The lowest BCUT2D eigenvalue weighted by Gasteiger charge is -2.27. The minimum Gasteiger partial charge on any atom is -0.381 e. The molecular weight excluding hydrogens is 376 g/mol. The molecule has 0 saturated carbocycles. The number of nitrogens with one attached hydrogen (secondary N) is 5. The van der Waals surface area contributed by atoms with Crippen molar-refractivity contribution < 1.29 is 19.5 Å². The van der Waals surface area contributed by atoms with E-state index in [2.05, 4.69) is 66.1 Å². The Morgan fingerprint density at radius 3 is 2.60 bits per heavy atom. The van der Waals surface area contributed by atoms with Gasteiger partial charge in [0.15, 0.2) is 0 Å². The number of rotatable bonds is 10. The number of quaternary nitrogens is 2. The van der Waals surface area contributed by atoms with E-state index in [1.807, 2.05) is 0 Å². The zero-order chi connectivity index (χ0) is 21.3. The predicted octanol–water partition coefficient (Wildman–Crippen LogP) is -0.872. The Balaban J connectivity index is 1.86. The molecule has 0 spiro atoms. The molecule has 7 heteroatoms. The maximum atomic E-state index is 9.93. The van der Waals surface area contributed by atoms with E-state index in [4.69, 9.17) is 4.74 Å². The number of hydrogen-bond acceptors (Lipinski definition) is 4. The first-order valence-electron chi connectivity index (χ1n) is 10.8. The number of ether oxygens (including phenoxy) is 1. The van der Waals surface area contributed by atoms with Crippen LogP contribution in [0.4, 0.5) is 11.6 Å². The number of benzene rings is 1. The minimum absolute atomic E-state index is 0.635. The zero-order valence-corrected chi connectivity index (χ0v) is 18.4. The largest absolute Gasteiger partial charge is 0.381 e. The van der Waals surface area contributed by atoms with Crippen molar-refractivity contribution in [3.63, 3.8) is 0 Å². The Morgan fingerprint density at radius 1 is 1.13 bits per heavy atom. The highest BCUT2D eigenvalue weighted by Gasteiger charge is 2.30. The number of fused-ring (bicyclic) bond motifs is 1. The van der Waals surface area contributed by atoms with E-state index in [-0.39, 0.29) is 0 Å². The SMILES string of the molecule is COCCNc1[nH+]c(NCC[NH+](C)C)c(C#N)c2c1C[NH+](Cc1ccccc1)CC2. The van der Waals surface area contributed by atoms with Crippen molar-refractivity contribution in [3.8, 4) is 6.07 Å². The first-order valence-corrected chi connectivity index (χ1v) is 10.8. The second-order valence-electron chi connectivity index (χ2n) is 8.21. The van der Waals surface area contributed by atoms with E-state index < -0.39 is 0 Å². The molecule has 2 aromatic rings. The monoisotopic (exact) mass is 411 g/mol. The summed E-state index contributed by atoms with van der Waals surface area (Å²) in [7, 11) is 5.97. The molecule has 1 aliphatic heterocycles. The van der Waals surface area contributed by atoms with Crippen LogP contribution in [0.1, 0.15) is 22.3 Å². The van der Waals surface area contributed by atoms with Gasteiger partial charge in [0, 0.05) is 19.1 Å². The summed E-state index contributed by atoms with van der Waals surface area (Å²) in [5, 5.41) is 16.9. The van der Waals surface area contributed by atoms with Gasteiger partial charge < -0.3 is 19.9 Å². The Bertz CT molecular complexity index is 862. The van der Waals surface area contributed by atoms with Gasteiger partial charge in [-0.3, -0.25) is 5.32 Å². The van der Waals surface area contributed by atoms with Gasteiger partial charge in [-0.15, -0.1) is 0 Å². The Kier molecular flexibility index (Phi) is 8.03. The van der Waals surface area contributed by atoms with Crippen molar-refractivity contribution >= 4 is 11.6 Å². The number of anilines is 2. The van der Waals surface area contributed by atoms with Crippen LogP contribution in [0.3, 0.4) is 0 Å². The smallest absolute Gasteiger partial charge is 0.237 e. The van der Waals surface area contributed by atoms with Gasteiger partial charge in [0.1, 0.15) is 37.8 Å². The van der Waals surface area contributed by atoms with Gasteiger partial charge in [0.25, 0.3) is 0 Å². The summed E-state index contributed by atoms with van der Waals surface area (Å²) in [5.74, 6) is 1.83. The average Bonchev–Trinajstić information content (AvgIpc) is 2.74. The highest BCUT2D eigenvalue weighted by molar-refractivity contribution is 5.60. The molecule has 5 N–H and O–H groups in total. The molecule has 0 amide bonds. The maximum Gasteiger partial charge on any atom is 0.237 e. The molecule has 3 rings (SSSR count). The number of aromatic amines is 1. The molecule has 1 unspecified atom stereocenters. The fourth-order valence-electron chi connectivity index (χ4n) is 3.98. The zero-order valence-electron chi connectivity index (χ0n) is 18.4. The van der Waals surface area contributed by atoms with Crippen molar-refractivity contribution in [1.29, 1.82) is 5.26 Å². The van der Waals surface area contributed by atoms with Crippen LogP contribution in [0.5, 0.6) is 0 Å². The lowest BCUT2D eigenvalue weighted by atomic mass is 9.95. The summed E-state index contributed by atoms with van der Waals surface area (Å²) in [5.41, 5.74) is 4.50. The van der Waals surface area contributed by atoms with Crippen LogP contribution >= 0.6 is 0 Å². The molecule has 1 aromatic carbocycles. The van der Waals surface area contributed by atoms with Gasteiger partial charge in [0.2, 0.25) is 11.6 Å². The summed E-state index contributed by atoms with van der Waals surface area (Å²) in [6, 6.07) is 13.1.